The number of aliphatic hydroxyl groups excluding tert-OH is 1. The Hall–Kier alpha value is -1.36. The molecule has 0 saturated carbocycles. The minimum absolute atomic E-state index is 0.131. The van der Waals surface area contributed by atoms with Crippen LogP contribution < -0.4 is 5.32 Å². The molecule has 0 radical (unpaired) electrons. The average molecular weight is 309 g/mol. The lowest BCUT2D eigenvalue weighted by Gasteiger charge is -2.33. The first kappa shape index (κ1) is 18.7. The zero-order chi connectivity index (χ0) is 16.9. The first-order valence-corrected chi connectivity index (χ1v) is 8.24. The monoisotopic (exact) mass is 309 g/mol. The molecule has 0 aliphatic carbocycles. The molecule has 0 bridgehead atoms. The van der Waals surface area contributed by atoms with Crippen molar-refractivity contribution in [3.8, 4) is 0 Å². The average Bonchev–Trinajstić information content (AvgIpc) is 2.94. The van der Waals surface area contributed by atoms with Gasteiger partial charge in [0.15, 0.2) is 0 Å². The summed E-state index contributed by atoms with van der Waals surface area (Å²) in [6.07, 6.45) is 3.09. The zero-order valence-electron chi connectivity index (χ0n) is 14.8. The highest BCUT2D eigenvalue weighted by atomic mass is 16.3. The van der Waals surface area contributed by atoms with Gasteiger partial charge in [-0.2, -0.15) is 5.10 Å². The Morgan fingerprint density at radius 1 is 1.36 bits per heavy atom. The van der Waals surface area contributed by atoms with E-state index in [0.717, 1.165) is 12.8 Å². The quantitative estimate of drug-likeness (QED) is 0.775. The highest BCUT2D eigenvalue weighted by molar-refractivity contribution is 5.92. The molecule has 1 heterocycles. The fourth-order valence-corrected chi connectivity index (χ4v) is 2.83. The standard InChI is InChI=1S/C17H31N3O2/c1-7-13(8-2)20-14(9-10-19-20)16(22)18-11-17(5,6)15(21)12(3)4/h9-10,12-13,15,21H,7-8,11H2,1-6H3,(H,18,22). The third kappa shape index (κ3) is 4.32. The second kappa shape index (κ2) is 7.77. The molecule has 0 spiro atoms. The van der Waals surface area contributed by atoms with E-state index < -0.39 is 6.10 Å². The molecular weight excluding hydrogens is 278 g/mol. The van der Waals surface area contributed by atoms with Crippen LogP contribution in [0.15, 0.2) is 12.3 Å². The summed E-state index contributed by atoms with van der Waals surface area (Å²) in [5, 5.41) is 17.5. The second-order valence-corrected chi connectivity index (χ2v) is 6.99. The van der Waals surface area contributed by atoms with E-state index >= 15 is 0 Å². The number of amides is 1. The molecule has 0 aliphatic rings. The molecular formula is C17H31N3O2. The number of carbonyl (C=O) groups excluding carboxylic acids is 1. The van der Waals surface area contributed by atoms with Crippen LogP contribution in [-0.2, 0) is 0 Å². The van der Waals surface area contributed by atoms with Gasteiger partial charge in [-0.1, -0.05) is 41.5 Å². The third-order valence-corrected chi connectivity index (χ3v) is 4.33. The molecule has 0 aromatic carbocycles. The van der Waals surface area contributed by atoms with Gasteiger partial charge in [0.25, 0.3) is 5.91 Å². The van der Waals surface area contributed by atoms with Gasteiger partial charge in [0.05, 0.1) is 12.1 Å². The summed E-state index contributed by atoms with van der Waals surface area (Å²) in [5.74, 6) is 0.0235. The molecule has 1 rings (SSSR count). The first-order valence-electron chi connectivity index (χ1n) is 8.24. The van der Waals surface area contributed by atoms with E-state index in [1.807, 2.05) is 27.7 Å². The van der Waals surface area contributed by atoms with Crippen LogP contribution in [0.25, 0.3) is 0 Å². The molecule has 1 aromatic heterocycles. The van der Waals surface area contributed by atoms with Crippen molar-refractivity contribution in [3.05, 3.63) is 18.0 Å². The van der Waals surface area contributed by atoms with Crippen LogP contribution in [0.3, 0.4) is 0 Å². The number of hydrogen-bond acceptors (Lipinski definition) is 3. The van der Waals surface area contributed by atoms with Crippen molar-refractivity contribution in [2.45, 2.75) is 66.5 Å². The minimum atomic E-state index is -0.461. The summed E-state index contributed by atoms with van der Waals surface area (Å²) < 4.78 is 1.81. The number of aromatic nitrogens is 2. The molecule has 1 aromatic rings. The van der Waals surface area contributed by atoms with Gasteiger partial charge in [-0.05, 0) is 24.8 Å². The van der Waals surface area contributed by atoms with Crippen molar-refractivity contribution < 1.29 is 9.90 Å². The molecule has 0 aliphatic heterocycles. The lowest BCUT2D eigenvalue weighted by molar-refractivity contribution is 0.0137. The highest BCUT2D eigenvalue weighted by Gasteiger charge is 2.31. The molecule has 2 N–H and O–H groups in total. The maximum absolute atomic E-state index is 12.4. The van der Waals surface area contributed by atoms with Crippen molar-refractivity contribution in [3.63, 3.8) is 0 Å². The summed E-state index contributed by atoms with van der Waals surface area (Å²) in [7, 11) is 0. The summed E-state index contributed by atoms with van der Waals surface area (Å²) in [4.78, 5) is 12.4. The number of nitrogens with zero attached hydrogens (tertiary/aromatic N) is 2. The van der Waals surface area contributed by atoms with Gasteiger partial charge < -0.3 is 10.4 Å². The molecule has 22 heavy (non-hydrogen) atoms. The van der Waals surface area contributed by atoms with E-state index in [2.05, 4.69) is 24.3 Å². The number of rotatable bonds is 8. The van der Waals surface area contributed by atoms with Gasteiger partial charge in [-0.25, -0.2) is 0 Å². The summed E-state index contributed by atoms with van der Waals surface area (Å²) in [6.45, 7) is 12.5. The van der Waals surface area contributed by atoms with Crippen LogP contribution >= 0.6 is 0 Å². The Bertz CT molecular complexity index is 476. The molecule has 1 atom stereocenters. The lowest BCUT2D eigenvalue weighted by Crippen LogP contribution is -2.44. The third-order valence-electron chi connectivity index (χ3n) is 4.33. The molecule has 0 fully saturated rings. The van der Waals surface area contributed by atoms with E-state index in [4.69, 9.17) is 0 Å². The van der Waals surface area contributed by atoms with Crippen LogP contribution in [-0.4, -0.2) is 33.4 Å². The van der Waals surface area contributed by atoms with E-state index in [-0.39, 0.29) is 23.3 Å². The largest absolute Gasteiger partial charge is 0.392 e. The van der Waals surface area contributed by atoms with Crippen molar-refractivity contribution in [2.24, 2.45) is 11.3 Å². The van der Waals surface area contributed by atoms with E-state index in [0.29, 0.717) is 12.2 Å². The highest BCUT2D eigenvalue weighted by Crippen LogP contribution is 2.25. The molecule has 126 valence electrons. The summed E-state index contributed by atoms with van der Waals surface area (Å²) >= 11 is 0. The van der Waals surface area contributed by atoms with E-state index in [1.54, 1.807) is 16.9 Å². The predicted molar refractivity (Wildman–Crippen MR) is 88.8 cm³/mol. The number of aliphatic hydroxyl groups is 1. The van der Waals surface area contributed by atoms with Gasteiger partial charge in [0.1, 0.15) is 5.69 Å². The SMILES string of the molecule is CCC(CC)n1nccc1C(=O)NCC(C)(C)C(O)C(C)C. The number of carbonyl (C=O) groups is 1. The molecule has 5 heteroatoms. The van der Waals surface area contributed by atoms with Gasteiger partial charge >= 0.3 is 0 Å². The van der Waals surface area contributed by atoms with Crippen LogP contribution in [0.4, 0.5) is 0 Å². The minimum Gasteiger partial charge on any atom is -0.392 e. The van der Waals surface area contributed by atoms with E-state index in [1.165, 1.54) is 0 Å². The molecule has 1 amide bonds. The van der Waals surface area contributed by atoms with Crippen molar-refractivity contribution in [1.29, 1.82) is 0 Å². The second-order valence-electron chi connectivity index (χ2n) is 6.99. The Morgan fingerprint density at radius 3 is 2.45 bits per heavy atom. The maximum atomic E-state index is 12.4. The lowest BCUT2D eigenvalue weighted by atomic mass is 9.80. The predicted octanol–water partition coefficient (Wildman–Crippen LogP) is 3.02. The van der Waals surface area contributed by atoms with Gasteiger partial charge in [0.2, 0.25) is 0 Å². The Morgan fingerprint density at radius 2 is 1.95 bits per heavy atom. The molecule has 5 nitrogen and oxygen atoms in total. The Labute approximate surface area is 134 Å². The van der Waals surface area contributed by atoms with Crippen LogP contribution in [0.1, 0.15) is 70.9 Å². The van der Waals surface area contributed by atoms with Gasteiger partial charge in [0, 0.05) is 18.2 Å². The summed E-state index contributed by atoms with van der Waals surface area (Å²) in [6, 6.07) is 1.99. The normalized spacial score (nSPS) is 13.7. The summed E-state index contributed by atoms with van der Waals surface area (Å²) in [5.41, 5.74) is 0.215. The fraction of sp³-hybridized carbons (Fsp3) is 0.765. The van der Waals surface area contributed by atoms with Gasteiger partial charge in [-0.15, -0.1) is 0 Å². The van der Waals surface area contributed by atoms with Crippen LogP contribution in [0, 0.1) is 11.3 Å². The molecule has 1 unspecified atom stereocenters. The van der Waals surface area contributed by atoms with Gasteiger partial charge in [-0.3, -0.25) is 9.48 Å². The molecule has 0 saturated heterocycles. The van der Waals surface area contributed by atoms with E-state index in [9.17, 15) is 9.90 Å². The smallest absolute Gasteiger partial charge is 0.269 e. The van der Waals surface area contributed by atoms with Crippen LogP contribution in [0.2, 0.25) is 0 Å². The first-order chi connectivity index (χ1) is 10.2. The topological polar surface area (TPSA) is 67.2 Å². The Balaban J connectivity index is 2.77. The number of nitrogens with one attached hydrogen (secondary N) is 1. The maximum Gasteiger partial charge on any atom is 0.269 e. The van der Waals surface area contributed by atoms with Crippen molar-refractivity contribution >= 4 is 5.91 Å². The number of hydrogen-bond donors (Lipinski definition) is 2. The Kier molecular flexibility index (Phi) is 6.60. The van der Waals surface area contributed by atoms with Crippen molar-refractivity contribution in [2.75, 3.05) is 6.54 Å². The zero-order valence-corrected chi connectivity index (χ0v) is 14.8. The van der Waals surface area contributed by atoms with Crippen LogP contribution in [0.5, 0.6) is 0 Å². The van der Waals surface area contributed by atoms with Crippen molar-refractivity contribution in [1.82, 2.24) is 15.1 Å². The fourth-order valence-electron chi connectivity index (χ4n) is 2.83.